The highest BCUT2D eigenvalue weighted by Crippen LogP contribution is 2.34. The van der Waals surface area contributed by atoms with Crippen molar-refractivity contribution in [2.45, 2.75) is 13.0 Å². The van der Waals surface area contributed by atoms with Crippen molar-refractivity contribution < 1.29 is 4.74 Å². The second-order valence-corrected chi connectivity index (χ2v) is 3.64. The van der Waals surface area contributed by atoms with E-state index in [0.717, 1.165) is 5.56 Å². The molecule has 0 aromatic carbocycles. The maximum Gasteiger partial charge on any atom is 0.232 e. The molecule has 0 bridgehead atoms. The molecule has 0 amide bonds. The van der Waals surface area contributed by atoms with E-state index in [2.05, 4.69) is 10.3 Å². The Morgan fingerprint density at radius 1 is 1.50 bits per heavy atom. The Bertz CT molecular complexity index is 331. The zero-order valence-electron chi connectivity index (χ0n) is 8.27. The Kier molecular flexibility index (Phi) is 3.98. The third-order valence-corrected chi connectivity index (χ3v) is 2.70. The third kappa shape index (κ3) is 2.11. The highest BCUT2D eigenvalue weighted by molar-refractivity contribution is 6.36. The van der Waals surface area contributed by atoms with Gasteiger partial charge in [0.25, 0.3) is 0 Å². The molecular formula is C9H12Cl2N2O. The molecule has 1 N–H and O–H groups in total. The summed E-state index contributed by atoms with van der Waals surface area (Å²) in [4.78, 5) is 3.96. The minimum Gasteiger partial charge on any atom is -0.480 e. The third-order valence-electron chi connectivity index (χ3n) is 2.04. The van der Waals surface area contributed by atoms with Crippen LogP contribution in [0.25, 0.3) is 0 Å². The van der Waals surface area contributed by atoms with Crippen LogP contribution in [0.5, 0.6) is 5.88 Å². The molecule has 0 aliphatic heterocycles. The molecule has 14 heavy (non-hydrogen) atoms. The van der Waals surface area contributed by atoms with Crippen molar-refractivity contribution in [2.24, 2.45) is 0 Å². The molecule has 1 heterocycles. The van der Waals surface area contributed by atoms with Gasteiger partial charge in [-0.25, -0.2) is 4.98 Å². The molecule has 0 saturated heterocycles. The Hall–Kier alpha value is -0.510. The largest absolute Gasteiger partial charge is 0.480 e. The Morgan fingerprint density at radius 2 is 2.14 bits per heavy atom. The van der Waals surface area contributed by atoms with E-state index in [-0.39, 0.29) is 6.04 Å². The van der Waals surface area contributed by atoms with Gasteiger partial charge < -0.3 is 10.1 Å². The number of ether oxygens (including phenoxy) is 1. The van der Waals surface area contributed by atoms with Gasteiger partial charge in [-0.3, -0.25) is 0 Å². The number of pyridine rings is 1. The Balaban J connectivity index is 3.25. The highest BCUT2D eigenvalue weighted by Gasteiger charge is 2.16. The van der Waals surface area contributed by atoms with Crippen molar-refractivity contribution in [3.63, 3.8) is 0 Å². The molecule has 3 nitrogen and oxygen atoms in total. The van der Waals surface area contributed by atoms with Gasteiger partial charge in [0, 0.05) is 17.8 Å². The van der Waals surface area contributed by atoms with E-state index < -0.39 is 0 Å². The van der Waals surface area contributed by atoms with Gasteiger partial charge in [-0.2, -0.15) is 0 Å². The Labute approximate surface area is 93.4 Å². The van der Waals surface area contributed by atoms with Crippen LogP contribution in [-0.2, 0) is 0 Å². The predicted octanol–water partition coefficient (Wildman–Crippen LogP) is 2.68. The van der Waals surface area contributed by atoms with Gasteiger partial charge >= 0.3 is 0 Å². The molecule has 1 aromatic rings. The lowest BCUT2D eigenvalue weighted by Gasteiger charge is -2.15. The first-order valence-corrected chi connectivity index (χ1v) is 4.92. The van der Waals surface area contributed by atoms with Crippen molar-refractivity contribution in [2.75, 3.05) is 14.2 Å². The molecule has 5 heteroatoms. The molecule has 1 aromatic heterocycles. The molecule has 0 aliphatic carbocycles. The topological polar surface area (TPSA) is 34.2 Å². The van der Waals surface area contributed by atoms with Crippen LogP contribution in [0.1, 0.15) is 18.5 Å². The zero-order chi connectivity index (χ0) is 10.7. The lowest BCUT2D eigenvalue weighted by Crippen LogP contribution is -2.14. The molecule has 1 unspecified atom stereocenters. The van der Waals surface area contributed by atoms with Crippen LogP contribution < -0.4 is 10.1 Å². The molecule has 0 aliphatic rings. The van der Waals surface area contributed by atoms with Crippen LogP contribution in [0.15, 0.2) is 6.20 Å². The normalized spacial score (nSPS) is 12.6. The van der Waals surface area contributed by atoms with E-state index >= 15 is 0 Å². The van der Waals surface area contributed by atoms with Crippen molar-refractivity contribution in [1.29, 1.82) is 0 Å². The summed E-state index contributed by atoms with van der Waals surface area (Å²) in [7, 11) is 3.36. The molecule has 0 radical (unpaired) electrons. The molecule has 0 fully saturated rings. The van der Waals surface area contributed by atoms with Crippen molar-refractivity contribution in [1.82, 2.24) is 10.3 Å². The summed E-state index contributed by atoms with van der Waals surface area (Å²) in [6.45, 7) is 1.96. The number of nitrogens with one attached hydrogen (secondary N) is 1. The number of aromatic nitrogens is 1. The number of halogens is 2. The molecule has 0 saturated carbocycles. The van der Waals surface area contributed by atoms with E-state index in [1.165, 1.54) is 13.3 Å². The average Bonchev–Trinajstić information content (AvgIpc) is 2.18. The highest BCUT2D eigenvalue weighted by atomic mass is 35.5. The fraction of sp³-hybridized carbons (Fsp3) is 0.444. The van der Waals surface area contributed by atoms with Crippen molar-refractivity contribution in [3.8, 4) is 5.88 Å². The molecular weight excluding hydrogens is 223 g/mol. The van der Waals surface area contributed by atoms with E-state index in [4.69, 9.17) is 27.9 Å². The van der Waals surface area contributed by atoms with Crippen molar-refractivity contribution >= 4 is 23.2 Å². The first-order chi connectivity index (χ1) is 6.61. The number of hydrogen-bond donors (Lipinski definition) is 1. The summed E-state index contributed by atoms with van der Waals surface area (Å²) >= 11 is 12.1. The fourth-order valence-electron chi connectivity index (χ4n) is 1.15. The molecule has 0 spiro atoms. The SMILES string of the molecule is CNC(C)c1c(Cl)cnc(OC)c1Cl. The van der Waals surface area contributed by atoms with Crippen LogP contribution in [0.2, 0.25) is 10.0 Å². The van der Waals surface area contributed by atoms with Crippen LogP contribution >= 0.6 is 23.2 Å². The van der Waals surface area contributed by atoms with E-state index in [9.17, 15) is 0 Å². The number of hydrogen-bond acceptors (Lipinski definition) is 3. The predicted molar refractivity (Wildman–Crippen MR) is 58.3 cm³/mol. The first kappa shape index (κ1) is 11.6. The average molecular weight is 235 g/mol. The number of methoxy groups -OCH3 is 1. The quantitative estimate of drug-likeness (QED) is 0.874. The van der Waals surface area contributed by atoms with Gasteiger partial charge in [-0.05, 0) is 14.0 Å². The van der Waals surface area contributed by atoms with Crippen molar-refractivity contribution in [3.05, 3.63) is 21.8 Å². The smallest absolute Gasteiger partial charge is 0.232 e. The van der Waals surface area contributed by atoms with E-state index in [1.54, 1.807) is 0 Å². The van der Waals surface area contributed by atoms with Crippen LogP contribution in [0.4, 0.5) is 0 Å². The summed E-state index contributed by atoms with van der Waals surface area (Å²) in [6.07, 6.45) is 1.54. The van der Waals surface area contributed by atoms with E-state index in [0.29, 0.717) is 15.9 Å². The maximum atomic E-state index is 6.08. The summed E-state index contributed by atoms with van der Waals surface area (Å²) in [5.41, 5.74) is 0.808. The van der Waals surface area contributed by atoms with Crippen LogP contribution in [0.3, 0.4) is 0 Å². The van der Waals surface area contributed by atoms with Gasteiger partial charge in [-0.1, -0.05) is 23.2 Å². The summed E-state index contributed by atoms with van der Waals surface area (Å²) in [5.74, 6) is 0.396. The molecule has 1 atom stereocenters. The lowest BCUT2D eigenvalue weighted by atomic mass is 10.1. The number of rotatable bonds is 3. The minimum absolute atomic E-state index is 0.0619. The molecule has 1 rings (SSSR count). The second-order valence-electron chi connectivity index (χ2n) is 2.85. The second kappa shape index (κ2) is 4.82. The summed E-state index contributed by atoms with van der Waals surface area (Å²) in [6, 6.07) is 0.0619. The van der Waals surface area contributed by atoms with E-state index in [1.807, 2.05) is 14.0 Å². The zero-order valence-corrected chi connectivity index (χ0v) is 9.78. The van der Waals surface area contributed by atoms with Gasteiger partial charge in [-0.15, -0.1) is 0 Å². The lowest BCUT2D eigenvalue weighted by molar-refractivity contribution is 0.397. The first-order valence-electron chi connectivity index (χ1n) is 4.17. The van der Waals surface area contributed by atoms with Gasteiger partial charge in [0.1, 0.15) is 5.02 Å². The van der Waals surface area contributed by atoms with Gasteiger partial charge in [0.15, 0.2) is 0 Å². The number of nitrogens with zero attached hydrogens (tertiary/aromatic N) is 1. The maximum absolute atomic E-state index is 6.08. The van der Waals surface area contributed by atoms with Gasteiger partial charge in [0.2, 0.25) is 5.88 Å². The standard InChI is InChI=1S/C9H12Cl2N2O/c1-5(12-2)7-6(10)4-13-9(14-3)8(7)11/h4-5,12H,1-3H3. The monoisotopic (exact) mass is 234 g/mol. The van der Waals surface area contributed by atoms with Gasteiger partial charge in [0.05, 0.1) is 12.1 Å². The van der Waals surface area contributed by atoms with Crippen LogP contribution in [0, 0.1) is 0 Å². The Morgan fingerprint density at radius 3 is 2.64 bits per heavy atom. The fourth-order valence-corrected chi connectivity index (χ4v) is 1.89. The van der Waals surface area contributed by atoms with Crippen LogP contribution in [-0.4, -0.2) is 19.1 Å². The summed E-state index contributed by atoms with van der Waals surface area (Å²) < 4.78 is 5.01. The minimum atomic E-state index is 0.0619. The summed E-state index contributed by atoms with van der Waals surface area (Å²) in [5, 5.41) is 4.06. The molecule has 78 valence electrons.